The second kappa shape index (κ2) is 11.5. The number of rotatable bonds is 9. The number of hydrogen-bond donors (Lipinski definition) is 3. The highest BCUT2D eigenvalue weighted by Gasteiger charge is 2.16. The zero-order valence-electron chi connectivity index (χ0n) is 18.5. The average molecular weight is 444 g/mol. The standard InChI is InChI=1S/C24H30ClN3O3/c1-5-7-17(6-2)22(29)27-14-16-9-8-15(3)19(12-16)24(31)28-18-10-11-21(25)20(13-18)23(30)26-4/h8-13,17H,5-7,14H2,1-4H3,(H,26,30)(H,27,29)(H,28,31). The number of aryl methyl sites for hydroxylation is 1. The summed E-state index contributed by atoms with van der Waals surface area (Å²) < 4.78 is 0. The minimum atomic E-state index is -0.330. The Morgan fingerprint density at radius 2 is 1.74 bits per heavy atom. The van der Waals surface area contributed by atoms with E-state index >= 15 is 0 Å². The number of anilines is 1. The molecule has 0 bridgehead atoms. The quantitative estimate of drug-likeness (QED) is 0.524. The van der Waals surface area contributed by atoms with E-state index < -0.39 is 0 Å². The van der Waals surface area contributed by atoms with Crippen molar-refractivity contribution in [2.45, 2.75) is 46.6 Å². The molecule has 0 aliphatic heterocycles. The lowest BCUT2D eigenvalue weighted by Gasteiger charge is -2.15. The van der Waals surface area contributed by atoms with Crippen LogP contribution in [0.15, 0.2) is 36.4 Å². The van der Waals surface area contributed by atoms with Crippen molar-refractivity contribution in [1.82, 2.24) is 10.6 Å². The summed E-state index contributed by atoms with van der Waals surface area (Å²) in [6.45, 7) is 6.30. The van der Waals surface area contributed by atoms with Crippen LogP contribution in [0, 0.1) is 12.8 Å². The van der Waals surface area contributed by atoms with Gasteiger partial charge in [-0.15, -0.1) is 0 Å². The summed E-state index contributed by atoms with van der Waals surface area (Å²) in [5.41, 5.74) is 2.91. The second-order valence-electron chi connectivity index (χ2n) is 7.49. The van der Waals surface area contributed by atoms with E-state index in [2.05, 4.69) is 22.9 Å². The molecular formula is C24H30ClN3O3. The van der Waals surface area contributed by atoms with Gasteiger partial charge in [0.15, 0.2) is 0 Å². The zero-order chi connectivity index (χ0) is 23.0. The number of carbonyl (C=O) groups excluding carboxylic acids is 3. The summed E-state index contributed by atoms with van der Waals surface area (Å²) in [5.74, 6) is -0.576. The van der Waals surface area contributed by atoms with Gasteiger partial charge in [-0.05, 0) is 55.2 Å². The Labute approximate surface area is 188 Å². The maximum Gasteiger partial charge on any atom is 0.255 e. The van der Waals surface area contributed by atoms with E-state index in [0.29, 0.717) is 22.8 Å². The summed E-state index contributed by atoms with van der Waals surface area (Å²) in [6, 6.07) is 10.3. The summed E-state index contributed by atoms with van der Waals surface area (Å²) in [6.07, 6.45) is 2.64. The van der Waals surface area contributed by atoms with Crippen molar-refractivity contribution in [3.8, 4) is 0 Å². The highest BCUT2D eigenvalue weighted by molar-refractivity contribution is 6.34. The van der Waals surface area contributed by atoms with Gasteiger partial charge in [0.25, 0.3) is 11.8 Å². The molecule has 1 unspecified atom stereocenters. The van der Waals surface area contributed by atoms with Crippen molar-refractivity contribution in [3.05, 3.63) is 63.7 Å². The molecule has 0 aliphatic rings. The highest BCUT2D eigenvalue weighted by atomic mass is 35.5. The van der Waals surface area contributed by atoms with Crippen molar-refractivity contribution < 1.29 is 14.4 Å². The van der Waals surface area contributed by atoms with Gasteiger partial charge < -0.3 is 16.0 Å². The molecular weight excluding hydrogens is 414 g/mol. The molecule has 2 aromatic carbocycles. The van der Waals surface area contributed by atoms with E-state index in [1.54, 1.807) is 18.2 Å². The van der Waals surface area contributed by atoms with Crippen LogP contribution in [0.2, 0.25) is 5.02 Å². The number of carbonyl (C=O) groups is 3. The van der Waals surface area contributed by atoms with Crippen LogP contribution in [0.1, 0.15) is 65.0 Å². The fraction of sp³-hybridized carbons (Fsp3) is 0.375. The third-order valence-electron chi connectivity index (χ3n) is 5.21. The Morgan fingerprint density at radius 3 is 2.39 bits per heavy atom. The smallest absolute Gasteiger partial charge is 0.255 e. The monoisotopic (exact) mass is 443 g/mol. The van der Waals surface area contributed by atoms with Crippen LogP contribution in [0.25, 0.3) is 0 Å². The third-order valence-corrected chi connectivity index (χ3v) is 5.54. The largest absolute Gasteiger partial charge is 0.355 e. The van der Waals surface area contributed by atoms with Gasteiger partial charge in [0.2, 0.25) is 5.91 Å². The molecule has 0 heterocycles. The van der Waals surface area contributed by atoms with Crippen LogP contribution in [0.5, 0.6) is 0 Å². The molecule has 0 aromatic heterocycles. The lowest BCUT2D eigenvalue weighted by Crippen LogP contribution is -2.30. The second-order valence-corrected chi connectivity index (χ2v) is 7.90. The molecule has 0 radical (unpaired) electrons. The SMILES string of the molecule is CCCC(CC)C(=O)NCc1ccc(C)c(C(=O)Nc2ccc(Cl)c(C(=O)NC)c2)c1. The number of hydrogen-bond acceptors (Lipinski definition) is 3. The minimum Gasteiger partial charge on any atom is -0.355 e. The molecule has 2 rings (SSSR count). The Hall–Kier alpha value is -2.86. The van der Waals surface area contributed by atoms with E-state index in [1.807, 2.05) is 26.0 Å². The van der Waals surface area contributed by atoms with Gasteiger partial charge in [-0.3, -0.25) is 14.4 Å². The fourth-order valence-electron chi connectivity index (χ4n) is 3.34. The van der Waals surface area contributed by atoms with Gasteiger partial charge in [0.1, 0.15) is 0 Å². The van der Waals surface area contributed by atoms with E-state index in [0.717, 1.165) is 30.4 Å². The molecule has 0 spiro atoms. The molecule has 6 nitrogen and oxygen atoms in total. The number of nitrogens with one attached hydrogen (secondary N) is 3. The maximum atomic E-state index is 12.9. The highest BCUT2D eigenvalue weighted by Crippen LogP contribution is 2.22. The Bertz CT molecular complexity index is 959. The molecule has 2 aromatic rings. The first kappa shape index (κ1) is 24.4. The van der Waals surface area contributed by atoms with Gasteiger partial charge in [0.05, 0.1) is 10.6 Å². The van der Waals surface area contributed by atoms with Gasteiger partial charge >= 0.3 is 0 Å². The first-order chi connectivity index (χ1) is 14.8. The van der Waals surface area contributed by atoms with E-state index in [1.165, 1.54) is 13.1 Å². The molecule has 31 heavy (non-hydrogen) atoms. The summed E-state index contributed by atoms with van der Waals surface area (Å²) in [5, 5.41) is 8.62. The number of benzene rings is 2. The predicted octanol–water partition coefficient (Wildman–Crippen LogP) is 4.70. The molecule has 7 heteroatoms. The topological polar surface area (TPSA) is 87.3 Å². The first-order valence-electron chi connectivity index (χ1n) is 10.5. The van der Waals surface area contributed by atoms with Crippen LogP contribution in [-0.4, -0.2) is 24.8 Å². The molecule has 0 fully saturated rings. The van der Waals surface area contributed by atoms with Crippen molar-refractivity contribution in [3.63, 3.8) is 0 Å². The van der Waals surface area contributed by atoms with E-state index in [4.69, 9.17) is 11.6 Å². The van der Waals surface area contributed by atoms with Gasteiger partial charge in [-0.25, -0.2) is 0 Å². The van der Waals surface area contributed by atoms with Crippen LogP contribution in [-0.2, 0) is 11.3 Å². The lowest BCUT2D eigenvalue weighted by molar-refractivity contribution is -0.125. The Morgan fingerprint density at radius 1 is 1.00 bits per heavy atom. The molecule has 166 valence electrons. The lowest BCUT2D eigenvalue weighted by atomic mass is 9.99. The van der Waals surface area contributed by atoms with Crippen molar-refractivity contribution >= 4 is 35.0 Å². The van der Waals surface area contributed by atoms with Gasteiger partial charge in [-0.1, -0.05) is 44.0 Å². The average Bonchev–Trinajstić information content (AvgIpc) is 2.77. The normalized spacial score (nSPS) is 11.5. The van der Waals surface area contributed by atoms with Crippen molar-refractivity contribution in [1.29, 1.82) is 0 Å². The molecule has 3 N–H and O–H groups in total. The van der Waals surface area contributed by atoms with Crippen molar-refractivity contribution in [2.75, 3.05) is 12.4 Å². The first-order valence-corrected chi connectivity index (χ1v) is 10.9. The van der Waals surface area contributed by atoms with E-state index in [-0.39, 0.29) is 29.2 Å². The van der Waals surface area contributed by atoms with Gasteiger partial charge in [0, 0.05) is 30.8 Å². The van der Waals surface area contributed by atoms with Crippen LogP contribution >= 0.6 is 11.6 Å². The van der Waals surface area contributed by atoms with Crippen LogP contribution in [0.4, 0.5) is 5.69 Å². The molecule has 0 saturated carbocycles. The summed E-state index contributed by atoms with van der Waals surface area (Å²) in [7, 11) is 1.52. The third kappa shape index (κ3) is 6.56. The Balaban J connectivity index is 2.13. The van der Waals surface area contributed by atoms with Gasteiger partial charge in [-0.2, -0.15) is 0 Å². The predicted molar refractivity (Wildman–Crippen MR) is 125 cm³/mol. The van der Waals surface area contributed by atoms with Crippen LogP contribution in [0.3, 0.4) is 0 Å². The minimum absolute atomic E-state index is 0.0117. The zero-order valence-corrected chi connectivity index (χ0v) is 19.2. The number of halogens is 1. The molecule has 0 saturated heterocycles. The molecule has 3 amide bonds. The maximum absolute atomic E-state index is 12.9. The molecule has 1 atom stereocenters. The fourth-order valence-corrected chi connectivity index (χ4v) is 3.54. The molecule has 0 aliphatic carbocycles. The Kier molecular flexibility index (Phi) is 9.06. The van der Waals surface area contributed by atoms with Crippen molar-refractivity contribution in [2.24, 2.45) is 5.92 Å². The summed E-state index contributed by atoms with van der Waals surface area (Å²) in [4.78, 5) is 37.2. The summed E-state index contributed by atoms with van der Waals surface area (Å²) >= 11 is 6.07. The van der Waals surface area contributed by atoms with Crippen LogP contribution < -0.4 is 16.0 Å². The van der Waals surface area contributed by atoms with E-state index in [9.17, 15) is 14.4 Å². The number of amides is 3.